The number of amides is 1. The second-order valence-electron chi connectivity index (χ2n) is 6.59. The van der Waals surface area contributed by atoms with Gasteiger partial charge in [0.25, 0.3) is 0 Å². The van der Waals surface area contributed by atoms with Crippen LogP contribution in [0.25, 0.3) is 6.08 Å². The van der Waals surface area contributed by atoms with Crippen LogP contribution in [-0.4, -0.2) is 19.6 Å². The lowest BCUT2D eigenvalue weighted by Crippen LogP contribution is -2.24. The van der Waals surface area contributed by atoms with Crippen molar-refractivity contribution in [1.82, 2.24) is 5.32 Å². The van der Waals surface area contributed by atoms with Crippen molar-refractivity contribution < 1.29 is 14.3 Å². The van der Waals surface area contributed by atoms with E-state index in [1.165, 1.54) is 6.08 Å². The van der Waals surface area contributed by atoms with Gasteiger partial charge in [-0.15, -0.1) is 0 Å². The Hall–Kier alpha value is -2.75. The Labute approximate surface area is 155 Å². The third-order valence-electron chi connectivity index (χ3n) is 3.85. The zero-order valence-electron chi connectivity index (χ0n) is 15.9. The average Bonchev–Trinajstić information content (AvgIpc) is 2.65. The van der Waals surface area contributed by atoms with Gasteiger partial charge in [-0.3, -0.25) is 4.79 Å². The Balaban J connectivity index is 1.99. The standard InChI is InChI=1S/C22H27NO3/c1-16(2)15-26-20-12-10-18(14-21(20)25-4)11-13-22(24)23-17(3)19-8-6-5-7-9-19/h5-14,16-17H,15H2,1-4H3,(H,23,24)/b13-11+/t17-/m0/s1. The summed E-state index contributed by atoms with van der Waals surface area (Å²) >= 11 is 0. The van der Waals surface area contributed by atoms with E-state index in [-0.39, 0.29) is 11.9 Å². The van der Waals surface area contributed by atoms with E-state index in [4.69, 9.17) is 9.47 Å². The molecule has 4 nitrogen and oxygen atoms in total. The summed E-state index contributed by atoms with van der Waals surface area (Å²) < 4.78 is 11.1. The molecule has 0 aliphatic rings. The molecule has 4 heteroatoms. The number of carbonyl (C=O) groups excluding carboxylic acids is 1. The largest absolute Gasteiger partial charge is 0.493 e. The number of benzene rings is 2. The summed E-state index contributed by atoms with van der Waals surface area (Å²) in [6, 6.07) is 15.5. The predicted octanol–water partition coefficient (Wildman–Crippen LogP) is 4.62. The van der Waals surface area contributed by atoms with Crippen LogP contribution in [0.3, 0.4) is 0 Å². The molecule has 0 unspecified atom stereocenters. The van der Waals surface area contributed by atoms with Crippen molar-refractivity contribution in [2.75, 3.05) is 13.7 Å². The van der Waals surface area contributed by atoms with Crippen molar-refractivity contribution in [2.45, 2.75) is 26.8 Å². The van der Waals surface area contributed by atoms with Crippen LogP contribution in [0, 0.1) is 5.92 Å². The van der Waals surface area contributed by atoms with E-state index < -0.39 is 0 Å². The maximum absolute atomic E-state index is 12.1. The van der Waals surface area contributed by atoms with E-state index in [0.29, 0.717) is 24.0 Å². The summed E-state index contributed by atoms with van der Waals surface area (Å²) in [5.41, 5.74) is 1.95. The molecule has 1 atom stereocenters. The van der Waals surface area contributed by atoms with Crippen molar-refractivity contribution in [1.29, 1.82) is 0 Å². The summed E-state index contributed by atoms with van der Waals surface area (Å²) in [6.45, 7) is 6.79. The van der Waals surface area contributed by atoms with Crippen molar-refractivity contribution in [2.24, 2.45) is 5.92 Å². The molecule has 1 amide bonds. The van der Waals surface area contributed by atoms with Crippen LogP contribution < -0.4 is 14.8 Å². The van der Waals surface area contributed by atoms with Crippen molar-refractivity contribution >= 4 is 12.0 Å². The fraction of sp³-hybridized carbons (Fsp3) is 0.318. The molecule has 0 saturated carbocycles. The number of carbonyl (C=O) groups is 1. The summed E-state index contributed by atoms with van der Waals surface area (Å²) in [7, 11) is 1.61. The van der Waals surface area contributed by atoms with Crippen LogP contribution in [0.5, 0.6) is 11.5 Å². The Morgan fingerprint density at radius 2 is 1.81 bits per heavy atom. The second kappa shape index (κ2) is 9.66. The normalized spacial score (nSPS) is 12.2. The van der Waals surface area contributed by atoms with Gasteiger partial charge in [-0.25, -0.2) is 0 Å². The Morgan fingerprint density at radius 1 is 1.08 bits per heavy atom. The Morgan fingerprint density at radius 3 is 2.46 bits per heavy atom. The van der Waals surface area contributed by atoms with Gasteiger partial charge in [-0.1, -0.05) is 50.2 Å². The average molecular weight is 353 g/mol. The minimum absolute atomic E-state index is 0.0466. The summed E-state index contributed by atoms with van der Waals surface area (Å²) in [6.07, 6.45) is 3.30. The molecule has 0 radical (unpaired) electrons. The van der Waals surface area contributed by atoms with Gasteiger partial charge >= 0.3 is 0 Å². The van der Waals surface area contributed by atoms with E-state index >= 15 is 0 Å². The number of rotatable bonds is 8. The molecule has 2 rings (SSSR count). The van der Waals surface area contributed by atoms with Gasteiger partial charge in [0.1, 0.15) is 0 Å². The zero-order valence-corrected chi connectivity index (χ0v) is 15.9. The molecule has 2 aromatic carbocycles. The highest BCUT2D eigenvalue weighted by Gasteiger charge is 2.08. The van der Waals surface area contributed by atoms with Crippen molar-refractivity contribution in [3.63, 3.8) is 0 Å². The first-order valence-electron chi connectivity index (χ1n) is 8.84. The highest BCUT2D eigenvalue weighted by Crippen LogP contribution is 2.29. The molecule has 0 aromatic heterocycles. The molecule has 1 N–H and O–H groups in total. The molecule has 0 saturated heterocycles. The fourth-order valence-corrected chi connectivity index (χ4v) is 2.42. The monoisotopic (exact) mass is 353 g/mol. The van der Waals surface area contributed by atoms with E-state index in [9.17, 15) is 4.79 Å². The lowest BCUT2D eigenvalue weighted by molar-refractivity contribution is -0.117. The SMILES string of the molecule is COc1cc(/C=C/C(=O)N[C@@H](C)c2ccccc2)ccc1OCC(C)C. The van der Waals surface area contributed by atoms with Crippen LogP contribution in [0.1, 0.15) is 37.9 Å². The quantitative estimate of drug-likeness (QED) is 0.705. The maximum Gasteiger partial charge on any atom is 0.244 e. The first-order valence-corrected chi connectivity index (χ1v) is 8.84. The smallest absolute Gasteiger partial charge is 0.244 e. The van der Waals surface area contributed by atoms with Crippen molar-refractivity contribution in [3.05, 3.63) is 65.7 Å². The van der Waals surface area contributed by atoms with E-state index in [2.05, 4.69) is 19.2 Å². The van der Waals surface area contributed by atoms with Crippen LogP contribution in [-0.2, 0) is 4.79 Å². The fourth-order valence-electron chi connectivity index (χ4n) is 2.42. The molecule has 138 valence electrons. The molecule has 2 aromatic rings. The Kier molecular flexibility index (Phi) is 7.27. The first-order chi connectivity index (χ1) is 12.5. The van der Waals surface area contributed by atoms with Gasteiger partial charge in [-0.05, 0) is 42.2 Å². The first kappa shape index (κ1) is 19.6. The van der Waals surface area contributed by atoms with Gasteiger partial charge in [-0.2, -0.15) is 0 Å². The molecule has 26 heavy (non-hydrogen) atoms. The molecule has 0 heterocycles. The zero-order chi connectivity index (χ0) is 18.9. The van der Waals surface area contributed by atoms with Gasteiger partial charge in [0, 0.05) is 6.08 Å². The van der Waals surface area contributed by atoms with Gasteiger partial charge < -0.3 is 14.8 Å². The maximum atomic E-state index is 12.1. The topological polar surface area (TPSA) is 47.6 Å². The lowest BCUT2D eigenvalue weighted by atomic mass is 10.1. The van der Waals surface area contributed by atoms with Gasteiger partial charge in [0.05, 0.1) is 19.8 Å². The van der Waals surface area contributed by atoms with Crippen LogP contribution >= 0.6 is 0 Å². The third kappa shape index (κ3) is 5.96. The molecule has 0 spiro atoms. The second-order valence-corrected chi connectivity index (χ2v) is 6.59. The number of hydrogen-bond acceptors (Lipinski definition) is 3. The molecule has 0 aliphatic carbocycles. The molecule has 0 aliphatic heterocycles. The highest BCUT2D eigenvalue weighted by molar-refractivity contribution is 5.92. The number of nitrogens with one attached hydrogen (secondary N) is 1. The van der Waals surface area contributed by atoms with Crippen LogP contribution in [0.15, 0.2) is 54.6 Å². The van der Waals surface area contributed by atoms with Gasteiger partial charge in [0.15, 0.2) is 11.5 Å². The van der Waals surface area contributed by atoms with Crippen LogP contribution in [0.4, 0.5) is 0 Å². The number of methoxy groups -OCH3 is 1. The minimum atomic E-state index is -0.138. The van der Waals surface area contributed by atoms with Gasteiger partial charge in [0.2, 0.25) is 5.91 Å². The van der Waals surface area contributed by atoms with E-state index in [1.54, 1.807) is 13.2 Å². The molecular formula is C22H27NO3. The summed E-state index contributed by atoms with van der Waals surface area (Å²) in [4.78, 5) is 12.1. The number of ether oxygens (including phenoxy) is 2. The minimum Gasteiger partial charge on any atom is -0.493 e. The molecule has 0 bridgehead atoms. The molecular weight excluding hydrogens is 326 g/mol. The highest BCUT2D eigenvalue weighted by atomic mass is 16.5. The summed E-state index contributed by atoms with van der Waals surface area (Å²) in [5.74, 6) is 1.67. The number of hydrogen-bond donors (Lipinski definition) is 1. The lowest BCUT2D eigenvalue weighted by Gasteiger charge is -2.13. The predicted molar refractivity (Wildman–Crippen MR) is 105 cm³/mol. The third-order valence-corrected chi connectivity index (χ3v) is 3.85. The van der Waals surface area contributed by atoms with Crippen LogP contribution in [0.2, 0.25) is 0 Å². The Bertz CT molecular complexity index is 738. The van der Waals surface area contributed by atoms with E-state index in [1.807, 2.05) is 55.5 Å². The summed E-state index contributed by atoms with van der Waals surface area (Å²) in [5, 5.41) is 2.96. The molecule has 0 fully saturated rings. The van der Waals surface area contributed by atoms with Crippen molar-refractivity contribution in [3.8, 4) is 11.5 Å². The van der Waals surface area contributed by atoms with E-state index in [0.717, 1.165) is 11.1 Å².